The fourth-order valence-corrected chi connectivity index (χ4v) is 5.67. The van der Waals surface area contributed by atoms with Crippen LogP contribution in [-0.2, 0) is 17.6 Å². The average molecular weight is 637 g/mol. The number of nitrogens with zero attached hydrogens (tertiary/aromatic N) is 5. The van der Waals surface area contributed by atoms with Crippen LogP contribution in [0.4, 0.5) is 23.7 Å². The van der Waals surface area contributed by atoms with Gasteiger partial charge in [0.05, 0.1) is 17.1 Å². The number of alkyl halides is 3. The highest BCUT2D eigenvalue weighted by Crippen LogP contribution is 2.30. The van der Waals surface area contributed by atoms with E-state index in [1.165, 1.54) is 47.0 Å². The molecule has 4 aromatic rings. The lowest BCUT2D eigenvalue weighted by molar-refractivity contribution is -0.274. The van der Waals surface area contributed by atoms with Gasteiger partial charge in [-0.3, -0.25) is 9.69 Å². The minimum Gasteiger partial charge on any atom is -0.406 e. The van der Waals surface area contributed by atoms with Gasteiger partial charge in [0.2, 0.25) is 5.91 Å². The molecule has 3 aromatic carbocycles. The van der Waals surface area contributed by atoms with E-state index in [2.05, 4.69) is 32.1 Å². The van der Waals surface area contributed by atoms with Gasteiger partial charge in [-0.25, -0.2) is 14.5 Å². The molecule has 0 atom stereocenters. The van der Waals surface area contributed by atoms with Crippen molar-refractivity contribution < 1.29 is 27.5 Å². The third-order valence-corrected chi connectivity index (χ3v) is 7.85. The Hall–Kier alpha value is -4.65. The van der Waals surface area contributed by atoms with E-state index >= 15 is 0 Å². The Kier molecular flexibility index (Phi) is 10.2. The van der Waals surface area contributed by atoms with Crippen molar-refractivity contribution in [1.29, 1.82) is 0 Å². The Balaban J connectivity index is 1.08. The fraction of sp³-hybridized carbons (Fsp3) is 0.281. The summed E-state index contributed by atoms with van der Waals surface area (Å²) in [6.07, 6.45) is 0.937. The number of urea groups is 1. The zero-order valence-corrected chi connectivity index (χ0v) is 25.3. The van der Waals surface area contributed by atoms with Crippen LogP contribution < -0.4 is 15.0 Å². The maximum absolute atomic E-state index is 12.6. The van der Waals surface area contributed by atoms with Crippen LogP contribution in [0.25, 0.3) is 17.1 Å². The van der Waals surface area contributed by atoms with Gasteiger partial charge < -0.3 is 10.1 Å². The molecule has 0 spiro atoms. The van der Waals surface area contributed by atoms with E-state index in [0.29, 0.717) is 23.2 Å². The van der Waals surface area contributed by atoms with Crippen LogP contribution in [0, 0.1) is 0 Å². The number of benzene rings is 3. The van der Waals surface area contributed by atoms with Crippen LogP contribution in [0.1, 0.15) is 37.3 Å². The van der Waals surface area contributed by atoms with E-state index in [-0.39, 0.29) is 17.4 Å². The van der Waals surface area contributed by atoms with Crippen LogP contribution in [0.2, 0.25) is 0 Å². The minimum atomic E-state index is -4.75. The van der Waals surface area contributed by atoms with Crippen LogP contribution >= 0.6 is 11.8 Å². The molecule has 5 rings (SSSR count). The normalized spacial score (nSPS) is 14.3. The number of amidine groups is 1. The number of thioether (sulfide) groups is 1. The molecule has 0 unspecified atom stereocenters. The number of hydrogen-bond acceptors (Lipinski definition) is 6. The van der Waals surface area contributed by atoms with Gasteiger partial charge in [0.15, 0.2) is 11.0 Å². The third kappa shape index (κ3) is 8.50. The molecule has 1 N–H and O–H groups in total. The lowest BCUT2D eigenvalue weighted by Gasteiger charge is -2.19. The van der Waals surface area contributed by atoms with Crippen molar-refractivity contribution in [1.82, 2.24) is 20.1 Å². The Bertz CT molecular complexity index is 1660. The van der Waals surface area contributed by atoms with E-state index in [0.717, 1.165) is 54.5 Å². The molecule has 0 saturated carbocycles. The summed E-state index contributed by atoms with van der Waals surface area (Å²) in [4.78, 5) is 35.2. The molecule has 0 bridgehead atoms. The molecule has 45 heavy (non-hydrogen) atoms. The largest absolute Gasteiger partial charge is 0.573 e. The summed E-state index contributed by atoms with van der Waals surface area (Å²) in [6, 6.07) is 20.4. The quantitative estimate of drug-likeness (QED) is 0.179. The molecule has 0 aliphatic carbocycles. The van der Waals surface area contributed by atoms with Crippen LogP contribution in [0.3, 0.4) is 0 Å². The molecule has 234 valence electrons. The first kappa shape index (κ1) is 31.8. The summed E-state index contributed by atoms with van der Waals surface area (Å²) >= 11 is 1.27. The number of aliphatic imine (C=N–C) groups is 1. The maximum Gasteiger partial charge on any atom is 0.573 e. The van der Waals surface area contributed by atoms with Gasteiger partial charge in [0.1, 0.15) is 12.1 Å². The van der Waals surface area contributed by atoms with E-state index in [4.69, 9.17) is 0 Å². The molecule has 13 heteroatoms. The standard InChI is InChI=1S/C32H31F3N6O3S/c1-2-7-23-9-3-4-10-27(23)41-28(42)20-45-31(41)38-30(43)36-19-6-5-8-22-11-13-24(14-12-22)29-37-21-40(39-29)25-15-17-26(18-16-25)44-32(33,34)35/h3-4,9-18,21H,2,5-8,19-20H2,1H3,(H,36,43)/b38-31-. The van der Waals surface area contributed by atoms with Crippen molar-refractivity contribution in [3.63, 3.8) is 0 Å². The number of rotatable bonds is 11. The highest BCUT2D eigenvalue weighted by atomic mass is 32.2. The zero-order valence-electron chi connectivity index (χ0n) is 24.5. The lowest BCUT2D eigenvalue weighted by atomic mass is 10.1. The predicted octanol–water partition coefficient (Wildman–Crippen LogP) is 6.95. The SMILES string of the molecule is CCCc1ccccc1N1C(=O)CS/C1=N\C(=O)NCCCCc1ccc(-c2ncn(-c3ccc(OC(F)(F)F)cc3)n2)cc1. The number of aromatic nitrogens is 3. The van der Waals surface area contributed by atoms with Gasteiger partial charge in [0, 0.05) is 12.1 Å². The van der Waals surface area contributed by atoms with Gasteiger partial charge in [-0.1, -0.05) is 67.6 Å². The molecule has 1 fully saturated rings. The summed E-state index contributed by atoms with van der Waals surface area (Å²) in [5, 5.41) is 7.66. The van der Waals surface area contributed by atoms with Gasteiger partial charge in [-0.05, 0) is 67.1 Å². The summed E-state index contributed by atoms with van der Waals surface area (Å²) in [7, 11) is 0. The summed E-state index contributed by atoms with van der Waals surface area (Å²) in [5.41, 5.74) is 4.30. The smallest absolute Gasteiger partial charge is 0.406 e. The first-order valence-electron chi connectivity index (χ1n) is 14.5. The zero-order chi connectivity index (χ0) is 31.8. The van der Waals surface area contributed by atoms with Gasteiger partial charge in [-0.2, -0.15) is 4.99 Å². The molecular formula is C32H31F3N6O3S. The topological polar surface area (TPSA) is 102 Å². The van der Waals surface area contributed by atoms with Gasteiger partial charge >= 0.3 is 12.4 Å². The Morgan fingerprint density at radius 2 is 1.78 bits per heavy atom. The number of aryl methyl sites for hydroxylation is 2. The van der Waals surface area contributed by atoms with Crippen LogP contribution in [-0.4, -0.2) is 50.5 Å². The van der Waals surface area contributed by atoms with Crippen molar-refractivity contribution >= 4 is 34.6 Å². The molecule has 1 aliphatic heterocycles. The number of carbonyl (C=O) groups excluding carboxylic acids is 2. The maximum atomic E-state index is 12.6. The van der Waals surface area contributed by atoms with Crippen molar-refractivity contribution in [3.8, 4) is 22.8 Å². The second kappa shape index (κ2) is 14.4. The number of unbranched alkanes of at least 4 members (excludes halogenated alkanes) is 1. The summed E-state index contributed by atoms with van der Waals surface area (Å²) in [5.74, 6) is 0.339. The number of hydrogen-bond donors (Lipinski definition) is 1. The van der Waals surface area contributed by atoms with Crippen molar-refractivity contribution in [2.24, 2.45) is 4.99 Å². The van der Waals surface area contributed by atoms with Crippen molar-refractivity contribution in [2.75, 3.05) is 17.2 Å². The van der Waals surface area contributed by atoms with E-state index < -0.39 is 12.4 Å². The van der Waals surface area contributed by atoms with Gasteiger partial charge in [-0.15, -0.1) is 18.3 Å². The fourth-order valence-electron chi connectivity index (χ4n) is 4.81. The Morgan fingerprint density at radius 1 is 1.02 bits per heavy atom. The predicted molar refractivity (Wildman–Crippen MR) is 168 cm³/mol. The highest BCUT2D eigenvalue weighted by molar-refractivity contribution is 8.15. The van der Waals surface area contributed by atoms with Crippen LogP contribution in [0.5, 0.6) is 5.75 Å². The van der Waals surface area contributed by atoms with Crippen molar-refractivity contribution in [3.05, 3.63) is 90.3 Å². The third-order valence-electron chi connectivity index (χ3n) is 6.92. The number of carbonyl (C=O) groups is 2. The second-order valence-corrected chi connectivity index (χ2v) is 11.2. The molecular weight excluding hydrogens is 605 g/mol. The number of nitrogens with one attached hydrogen (secondary N) is 1. The van der Waals surface area contributed by atoms with E-state index in [1.54, 1.807) is 4.90 Å². The first-order chi connectivity index (χ1) is 21.7. The Labute approximate surface area is 262 Å². The minimum absolute atomic E-state index is 0.0848. The monoisotopic (exact) mass is 636 g/mol. The van der Waals surface area contributed by atoms with Crippen molar-refractivity contribution in [2.45, 2.75) is 45.4 Å². The molecule has 9 nitrogen and oxygen atoms in total. The molecule has 3 amide bonds. The van der Waals surface area contributed by atoms with E-state index in [1.807, 2.05) is 48.5 Å². The molecule has 1 aromatic heterocycles. The molecule has 1 aliphatic rings. The van der Waals surface area contributed by atoms with Gasteiger partial charge in [0.25, 0.3) is 0 Å². The molecule has 1 saturated heterocycles. The number of anilines is 1. The number of para-hydroxylation sites is 1. The van der Waals surface area contributed by atoms with E-state index in [9.17, 15) is 22.8 Å². The lowest BCUT2D eigenvalue weighted by Crippen LogP contribution is -2.32. The molecule has 2 heterocycles. The van der Waals surface area contributed by atoms with Crippen LogP contribution in [0.15, 0.2) is 84.1 Å². The number of amides is 3. The summed E-state index contributed by atoms with van der Waals surface area (Å²) in [6.45, 7) is 2.54. The first-order valence-corrected chi connectivity index (χ1v) is 15.5. The molecule has 0 radical (unpaired) electrons. The second-order valence-electron chi connectivity index (χ2n) is 10.2. The summed E-state index contributed by atoms with van der Waals surface area (Å²) < 4.78 is 42.6. The average Bonchev–Trinajstić information content (AvgIpc) is 3.64. The number of ether oxygens (including phenoxy) is 1. The highest BCUT2D eigenvalue weighted by Gasteiger charge is 2.32. The number of halogens is 3. The Morgan fingerprint density at radius 3 is 2.51 bits per heavy atom.